The predicted molar refractivity (Wildman–Crippen MR) is 93.8 cm³/mol. The van der Waals surface area contributed by atoms with Gasteiger partial charge >= 0.3 is 0 Å². The number of hydrogen-bond donors (Lipinski definition) is 1. The summed E-state index contributed by atoms with van der Waals surface area (Å²) >= 11 is 8.14. The lowest BCUT2D eigenvalue weighted by molar-refractivity contribution is 0.0928. The molecule has 2 aliphatic rings. The summed E-state index contributed by atoms with van der Waals surface area (Å²) in [5.41, 5.74) is 0.574. The highest BCUT2D eigenvalue weighted by molar-refractivity contribution is 7.99. The molecule has 2 heterocycles. The molecule has 0 radical (unpaired) electrons. The smallest absolute Gasteiger partial charge is 0.252 e. The average Bonchev–Trinajstić information content (AvgIpc) is 3.08. The molecular weight excluding hydrogens is 316 g/mol. The molecule has 0 aromatic heterocycles. The van der Waals surface area contributed by atoms with Crippen molar-refractivity contribution < 1.29 is 4.79 Å². The monoisotopic (exact) mass is 338 g/mol. The number of rotatable bonds is 4. The van der Waals surface area contributed by atoms with E-state index < -0.39 is 0 Å². The average molecular weight is 339 g/mol. The van der Waals surface area contributed by atoms with Crippen molar-refractivity contribution in [1.29, 1.82) is 0 Å². The second-order valence-corrected chi connectivity index (χ2v) is 7.74. The number of hydrogen-bond acceptors (Lipinski definition) is 3. The standard InChI is InChI=1S/C17H23ClN2OS/c18-16-4-2-1-3-15(16)17(21)19-11-13-5-8-20(9-6-13)14-7-10-22-12-14/h1-4,13-14H,5-12H2,(H,19,21). The minimum Gasteiger partial charge on any atom is -0.352 e. The van der Waals surface area contributed by atoms with Gasteiger partial charge in [-0.2, -0.15) is 11.8 Å². The summed E-state index contributed by atoms with van der Waals surface area (Å²) in [7, 11) is 0. The van der Waals surface area contributed by atoms with E-state index in [1.807, 2.05) is 12.1 Å². The van der Waals surface area contributed by atoms with Gasteiger partial charge in [0.2, 0.25) is 0 Å². The van der Waals surface area contributed by atoms with Crippen molar-refractivity contribution in [3.05, 3.63) is 34.9 Å². The van der Waals surface area contributed by atoms with E-state index in [0.717, 1.165) is 12.6 Å². The fourth-order valence-electron chi connectivity index (χ4n) is 3.31. The van der Waals surface area contributed by atoms with Crippen LogP contribution in [0.5, 0.6) is 0 Å². The third-order valence-electron chi connectivity index (χ3n) is 4.74. The Balaban J connectivity index is 1.43. The summed E-state index contributed by atoms with van der Waals surface area (Å²) in [6, 6.07) is 8.02. The molecule has 1 N–H and O–H groups in total. The van der Waals surface area contributed by atoms with Crippen molar-refractivity contribution in [2.75, 3.05) is 31.1 Å². The summed E-state index contributed by atoms with van der Waals surface area (Å²) in [4.78, 5) is 14.8. The lowest BCUT2D eigenvalue weighted by Gasteiger charge is -2.35. The Morgan fingerprint density at radius 3 is 2.73 bits per heavy atom. The Kier molecular flexibility index (Phi) is 5.66. The maximum Gasteiger partial charge on any atom is 0.252 e. The molecule has 0 spiro atoms. The van der Waals surface area contributed by atoms with Crippen LogP contribution in [0.4, 0.5) is 0 Å². The number of halogens is 1. The first kappa shape index (κ1) is 16.2. The van der Waals surface area contributed by atoms with Crippen LogP contribution in [0.1, 0.15) is 29.6 Å². The number of nitrogens with zero attached hydrogens (tertiary/aromatic N) is 1. The second-order valence-electron chi connectivity index (χ2n) is 6.19. The zero-order valence-corrected chi connectivity index (χ0v) is 14.3. The first-order valence-electron chi connectivity index (χ1n) is 8.08. The van der Waals surface area contributed by atoms with E-state index in [1.165, 1.54) is 43.9 Å². The zero-order chi connectivity index (χ0) is 15.4. The minimum atomic E-state index is -0.0553. The van der Waals surface area contributed by atoms with E-state index in [2.05, 4.69) is 22.0 Å². The number of carbonyl (C=O) groups is 1. The van der Waals surface area contributed by atoms with Crippen LogP contribution in [0.15, 0.2) is 24.3 Å². The van der Waals surface area contributed by atoms with Crippen molar-refractivity contribution in [3.8, 4) is 0 Å². The highest BCUT2D eigenvalue weighted by atomic mass is 35.5. The van der Waals surface area contributed by atoms with E-state index in [0.29, 0.717) is 16.5 Å². The molecule has 120 valence electrons. The fourth-order valence-corrected chi connectivity index (χ4v) is 4.79. The summed E-state index contributed by atoms with van der Waals surface area (Å²) in [5, 5.41) is 3.57. The van der Waals surface area contributed by atoms with Crippen LogP contribution in [-0.4, -0.2) is 48.0 Å². The zero-order valence-electron chi connectivity index (χ0n) is 12.8. The van der Waals surface area contributed by atoms with Gasteiger partial charge in [-0.15, -0.1) is 0 Å². The number of piperidine rings is 1. The van der Waals surface area contributed by atoms with Gasteiger partial charge in [0.25, 0.3) is 5.91 Å². The number of benzene rings is 1. The van der Waals surface area contributed by atoms with E-state index in [-0.39, 0.29) is 5.91 Å². The minimum absolute atomic E-state index is 0.0553. The molecule has 3 nitrogen and oxygen atoms in total. The normalized spacial score (nSPS) is 23.6. The van der Waals surface area contributed by atoms with E-state index in [1.54, 1.807) is 12.1 Å². The largest absolute Gasteiger partial charge is 0.352 e. The van der Waals surface area contributed by atoms with Crippen molar-refractivity contribution in [2.45, 2.75) is 25.3 Å². The van der Waals surface area contributed by atoms with Crippen LogP contribution in [0.3, 0.4) is 0 Å². The highest BCUT2D eigenvalue weighted by Crippen LogP contribution is 2.26. The molecule has 1 amide bonds. The molecule has 5 heteroatoms. The first-order chi connectivity index (χ1) is 10.7. The first-order valence-corrected chi connectivity index (χ1v) is 9.62. The van der Waals surface area contributed by atoms with Gasteiger partial charge in [-0.3, -0.25) is 9.69 Å². The molecule has 22 heavy (non-hydrogen) atoms. The van der Waals surface area contributed by atoms with Crippen molar-refractivity contribution in [2.24, 2.45) is 5.92 Å². The van der Waals surface area contributed by atoms with Gasteiger partial charge in [0, 0.05) is 18.3 Å². The number of nitrogens with one attached hydrogen (secondary N) is 1. The van der Waals surface area contributed by atoms with Gasteiger partial charge in [0.1, 0.15) is 0 Å². The molecule has 0 aliphatic carbocycles. The van der Waals surface area contributed by atoms with Gasteiger partial charge in [0.15, 0.2) is 0 Å². The number of likely N-dealkylation sites (tertiary alicyclic amines) is 1. The van der Waals surface area contributed by atoms with Crippen molar-refractivity contribution >= 4 is 29.3 Å². The van der Waals surface area contributed by atoms with Crippen LogP contribution in [-0.2, 0) is 0 Å². The fraction of sp³-hybridized carbons (Fsp3) is 0.588. The number of carbonyl (C=O) groups excluding carboxylic acids is 1. The van der Waals surface area contributed by atoms with Gasteiger partial charge in [-0.05, 0) is 56.2 Å². The summed E-state index contributed by atoms with van der Waals surface area (Å²) in [6.45, 7) is 3.12. The SMILES string of the molecule is O=C(NCC1CCN(C2CCSC2)CC1)c1ccccc1Cl. The summed E-state index contributed by atoms with van der Waals surface area (Å²) in [5.74, 6) is 3.16. The molecule has 1 atom stereocenters. The van der Waals surface area contributed by atoms with E-state index in [9.17, 15) is 4.79 Å². The van der Waals surface area contributed by atoms with Crippen LogP contribution in [0.2, 0.25) is 5.02 Å². The summed E-state index contributed by atoms with van der Waals surface area (Å²) in [6.07, 6.45) is 3.71. The molecular formula is C17H23ClN2OS. The van der Waals surface area contributed by atoms with E-state index >= 15 is 0 Å². The molecule has 0 bridgehead atoms. The van der Waals surface area contributed by atoms with Crippen molar-refractivity contribution in [3.63, 3.8) is 0 Å². The van der Waals surface area contributed by atoms with Gasteiger partial charge < -0.3 is 5.32 Å². The maximum atomic E-state index is 12.2. The van der Waals surface area contributed by atoms with Crippen LogP contribution in [0.25, 0.3) is 0 Å². The maximum absolute atomic E-state index is 12.2. The third kappa shape index (κ3) is 3.98. The second kappa shape index (κ2) is 7.71. The molecule has 0 saturated carbocycles. The van der Waals surface area contributed by atoms with E-state index in [4.69, 9.17) is 11.6 Å². The Hall–Kier alpha value is -0.710. The molecule has 1 aromatic carbocycles. The van der Waals surface area contributed by atoms with Crippen LogP contribution >= 0.6 is 23.4 Å². The summed E-state index contributed by atoms with van der Waals surface area (Å²) < 4.78 is 0. The Bertz CT molecular complexity index is 511. The van der Waals surface area contributed by atoms with Crippen LogP contribution in [0, 0.1) is 5.92 Å². The number of thioether (sulfide) groups is 1. The van der Waals surface area contributed by atoms with Gasteiger partial charge in [0.05, 0.1) is 10.6 Å². The molecule has 1 unspecified atom stereocenters. The number of amides is 1. The Morgan fingerprint density at radius 2 is 2.05 bits per heavy atom. The Morgan fingerprint density at radius 1 is 1.27 bits per heavy atom. The topological polar surface area (TPSA) is 32.3 Å². The molecule has 3 rings (SSSR count). The van der Waals surface area contributed by atoms with Gasteiger partial charge in [-0.1, -0.05) is 23.7 Å². The van der Waals surface area contributed by atoms with Crippen LogP contribution < -0.4 is 5.32 Å². The van der Waals surface area contributed by atoms with Crippen molar-refractivity contribution in [1.82, 2.24) is 10.2 Å². The lowest BCUT2D eigenvalue weighted by Crippen LogP contribution is -2.43. The molecule has 1 aromatic rings. The predicted octanol–water partition coefficient (Wildman–Crippen LogP) is 3.29. The quantitative estimate of drug-likeness (QED) is 0.914. The van der Waals surface area contributed by atoms with Gasteiger partial charge in [-0.25, -0.2) is 0 Å². The molecule has 2 fully saturated rings. The molecule has 2 aliphatic heterocycles. The molecule has 2 saturated heterocycles. The highest BCUT2D eigenvalue weighted by Gasteiger charge is 2.27. The Labute approximate surface area is 141 Å². The lowest BCUT2D eigenvalue weighted by atomic mass is 9.95. The third-order valence-corrected chi connectivity index (χ3v) is 6.22.